The maximum absolute atomic E-state index is 12.2. The van der Waals surface area contributed by atoms with Crippen LogP contribution in [0.3, 0.4) is 0 Å². The zero-order chi connectivity index (χ0) is 17.6. The lowest BCUT2D eigenvalue weighted by atomic mass is 9.97. The van der Waals surface area contributed by atoms with E-state index in [0.29, 0.717) is 18.9 Å². The Morgan fingerprint density at radius 1 is 1.24 bits per heavy atom. The van der Waals surface area contributed by atoms with Gasteiger partial charge >= 0.3 is 0 Å². The maximum atomic E-state index is 12.2. The number of primary amides is 1. The maximum Gasteiger partial charge on any atom is 0.221 e. The van der Waals surface area contributed by atoms with Gasteiger partial charge in [0.2, 0.25) is 11.8 Å². The molecule has 0 radical (unpaired) electrons. The molecule has 3 N–H and O–H groups in total. The summed E-state index contributed by atoms with van der Waals surface area (Å²) in [5.41, 5.74) is 8.16. The Kier molecular flexibility index (Phi) is 6.08. The van der Waals surface area contributed by atoms with Gasteiger partial charge in [-0.25, -0.2) is 0 Å². The third-order valence-corrected chi connectivity index (χ3v) is 5.57. The highest BCUT2D eigenvalue weighted by Gasteiger charge is 2.25. The van der Waals surface area contributed by atoms with E-state index in [1.54, 1.807) is 0 Å². The third kappa shape index (κ3) is 4.82. The lowest BCUT2D eigenvalue weighted by molar-refractivity contribution is -0.123. The van der Waals surface area contributed by atoms with E-state index in [0.717, 1.165) is 51.7 Å². The summed E-state index contributed by atoms with van der Waals surface area (Å²) >= 11 is 0. The van der Waals surface area contributed by atoms with E-state index in [1.165, 1.54) is 11.1 Å². The van der Waals surface area contributed by atoms with E-state index >= 15 is 0 Å². The first-order valence-corrected chi connectivity index (χ1v) is 9.49. The van der Waals surface area contributed by atoms with E-state index in [9.17, 15) is 9.59 Å². The molecule has 0 unspecified atom stereocenters. The van der Waals surface area contributed by atoms with Gasteiger partial charge in [-0.15, -0.1) is 0 Å². The highest BCUT2D eigenvalue weighted by Crippen LogP contribution is 2.34. The molecule has 5 heteroatoms. The first kappa shape index (κ1) is 17.9. The van der Waals surface area contributed by atoms with E-state index in [-0.39, 0.29) is 17.7 Å². The van der Waals surface area contributed by atoms with Gasteiger partial charge in [-0.2, -0.15) is 0 Å². The molecule has 0 aromatic heterocycles. The molecule has 1 aliphatic carbocycles. The minimum absolute atomic E-state index is 0.00854. The van der Waals surface area contributed by atoms with Gasteiger partial charge in [0.25, 0.3) is 0 Å². The number of hydrogen-bond acceptors (Lipinski definition) is 3. The Bertz CT molecular complexity index is 617. The van der Waals surface area contributed by atoms with Crippen LogP contribution in [0.4, 0.5) is 0 Å². The van der Waals surface area contributed by atoms with E-state index in [1.807, 2.05) is 0 Å². The van der Waals surface area contributed by atoms with Gasteiger partial charge in [-0.05, 0) is 62.2 Å². The average molecular weight is 343 g/mol. The second-order valence-electron chi connectivity index (χ2n) is 7.38. The second kappa shape index (κ2) is 8.48. The zero-order valence-electron chi connectivity index (χ0n) is 14.9. The molecule has 1 fully saturated rings. The standard InChI is InChI=1S/C20H29N3O2/c21-20(25)17-6-3-11-23(14-17)12-4-10-22-19(24)13-16-9-8-15-5-1-2-7-18(15)16/h1-2,5,7,16-17H,3-4,6,8-14H2,(H2,21,25)(H,22,24)/t16-,17-/m0/s1. The first-order chi connectivity index (χ1) is 12.1. The zero-order valence-corrected chi connectivity index (χ0v) is 14.9. The summed E-state index contributed by atoms with van der Waals surface area (Å²) in [5, 5.41) is 3.06. The fourth-order valence-electron chi connectivity index (χ4n) is 4.17. The number of carbonyl (C=O) groups is 2. The van der Waals surface area contributed by atoms with Gasteiger partial charge in [0.05, 0.1) is 5.92 Å². The molecule has 2 aliphatic rings. The molecule has 0 spiro atoms. The lowest BCUT2D eigenvalue weighted by Gasteiger charge is -2.31. The van der Waals surface area contributed by atoms with Crippen molar-refractivity contribution in [3.8, 4) is 0 Å². The van der Waals surface area contributed by atoms with Crippen LogP contribution < -0.4 is 11.1 Å². The van der Waals surface area contributed by atoms with Crippen LogP contribution in [0.2, 0.25) is 0 Å². The van der Waals surface area contributed by atoms with Gasteiger partial charge in [-0.3, -0.25) is 9.59 Å². The quantitative estimate of drug-likeness (QED) is 0.742. The number of hydrogen-bond donors (Lipinski definition) is 2. The highest BCUT2D eigenvalue weighted by molar-refractivity contribution is 5.77. The summed E-state index contributed by atoms with van der Waals surface area (Å²) in [5.74, 6) is 0.325. The van der Waals surface area contributed by atoms with Crippen LogP contribution in [-0.2, 0) is 16.0 Å². The molecule has 136 valence electrons. The van der Waals surface area contributed by atoms with Crippen molar-refractivity contribution in [2.45, 2.75) is 44.4 Å². The third-order valence-electron chi connectivity index (χ3n) is 5.57. The van der Waals surface area contributed by atoms with E-state index in [4.69, 9.17) is 5.73 Å². The first-order valence-electron chi connectivity index (χ1n) is 9.49. The molecule has 3 rings (SSSR count). The Balaban J connectivity index is 1.34. The molecule has 1 aliphatic heterocycles. The van der Waals surface area contributed by atoms with Crippen LogP contribution in [-0.4, -0.2) is 42.9 Å². The number of likely N-dealkylation sites (tertiary alicyclic amines) is 1. The summed E-state index contributed by atoms with van der Waals surface area (Å²) in [6.45, 7) is 3.40. The second-order valence-corrected chi connectivity index (χ2v) is 7.38. The van der Waals surface area contributed by atoms with Crippen LogP contribution >= 0.6 is 0 Å². The van der Waals surface area contributed by atoms with Crippen LogP contribution in [0, 0.1) is 5.92 Å². The van der Waals surface area contributed by atoms with Crippen LogP contribution in [0.5, 0.6) is 0 Å². The summed E-state index contributed by atoms with van der Waals surface area (Å²) in [6.07, 6.45) is 5.61. The van der Waals surface area contributed by atoms with Crippen LogP contribution in [0.1, 0.15) is 49.1 Å². The number of nitrogens with two attached hydrogens (primary N) is 1. The number of nitrogens with zero attached hydrogens (tertiary/aromatic N) is 1. The van der Waals surface area contributed by atoms with Crippen molar-refractivity contribution < 1.29 is 9.59 Å². The molecule has 1 aromatic carbocycles. The minimum Gasteiger partial charge on any atom is -0.369 e. The van der Waals surface area contributed by atoms with Crippen molar-refractivity contribution >= 4 is 11.8 Å². The molecule has 2 amide bonds. The number of benzene rings is 1. The summed E-state index contributed by atoms with van der Waals surface area (Å²) in [7, 11) is 0. The molecule has 0 bridgehead atoms. The predicted octanol–water partition coefficient (Wildman–Crippen LogP) is 1.81. The van der Waals surface area contributed by atoms with Crippen molar-refractivity contribution in [3.05, 3.63) is 35.4 Å². The number of aryl methyl sites for hydroxylation is 1. The number of rotatable bonds is 7. The Morgan fingerprint density at radius 2 is 2.08 bits per heavy atom. The highest BCUT2D eigenvalue weighted by atomic mass is 16.2. The smallest absolute Gasteiger partial charge is 0.221 e. The lowest BCUT2D eigenvalue weighted by Crippen LogP contribution is -2.42. The Hall–Kier alpha value is -1.88. The van der Waals surface area contributed by atoms with Gasteiger partial charge in [0.15, 0.2) is 0 Å². The molecule has 1 aromatic rings. The van der Waals surface area contributed by atoms with Crippen molar-refractivity contribution in [2.75, 3.05) is 26.2 Å². The number of carbonyl (C=O) groups excluding carboxylic acids is 2. The molecule has 5 nitrogen and oxygen atoms in total. The van der Waals surface area contributed by atoms with Crippen molar-refractivity contribution in [1.29, 1.82) is 0 Å². The largest absolute Gasteiger partial charge is 0.369 e. The normalized spacial score (nSPS) is 23.2. The fourth-order valence-corrected chi connectivity index (χ4v) is 4.17. The molecule has 1 heterocycles. The molecule has 25 heavy (non-hydrogen) atoms. The van der Waals surface area contributed by atoms with Crippen molar-refractivity contribution in [2.24, 2.45) is 11.7 Å². The van der Waals surface area contributed by atoms with Gasteiger partial charge in [0, 0.05) is 19.5 Å². The monoisotopic (exact) mass is 343 g/mol. The summed E-state index contributed by atoms with van der Waals surface area (Å²) in [6, 6.07) is 8.47. The van der Waals surface area contributed by atoms with Crippen LogP contribution in [0.25, 0.3) is 0 Å². The summed E-state index contributed by atoms with van der Waals surface area (Å²) in [4.78, 5) is 25.8. The Labute approximate surface area is 150 Å². The molecule has 1 saturated heterocycles. The van der Waals surface area contributed by atoms with E-state index < -0.39 is 0 Å². The molecule has 0 saturated carbocycles. The molecular formula is C20H29N3O2. The fraction of sp³-hybridized carbons (Fsp3) is 0.600. The van der Waals surface area contributed by atoms with Gasteiger partial charge in [-0.1, -0.05) is 24.3 Å². The van der Waals surface area contributed by atoms with Gasteiger partial charge < -0.3 is 16.0 Å². The van der Waals surface area contributed by atoms with E-state index in [2.05, 4.69) is 34.5 Å². The summed E-state index contributed by atoms with van der Waals surface area (Å²) < 4.78 is 0. The van der Waals surface area contributed by atoms with Crippen molar-refractivity contribution in [1.82, 2.24) is 10.2 Å². The number of fused-ring (bicyclic) bond motifs is 1. The van der Waals surface area contributed by atoms with Crippen LogP contribution in [0.15, 0.2) is 24.3 Å². The van der Waals surface area contributed by atoms with Gasteiger partial charge in [0.1, 0.15) is 0 Å². The average Bonchev–Trinajstić information content (AvgIpc) is 3.02. The topological polar surface area (TPSA) is 75.4 Å². The Morgan fingerprint density at radius 3 is 2.92 bits per heavy atom. The number of nitrogens with one attached hydrogen (secondary N) is 1. The predicted molar refractivity (Wildman–Crippen MR) is 98.1 cm³/mol. The molecular weight excluding hydrogens is 314 g/mol. The van der Waals surface area contributed by atoms with Crippen molar-refractivity contribution in [3.63, 3.8) is 0 Å². The number of piperidine rings is 1. The number of amides is 2. The SMILES string of the molecule is NC(=O)[C@H]1CCCN(CCCNC(=O)C[C@@H]2CCc3ccccc32)C1. The minimum atomic E-state index is -0.185. The molecule has 2 atom stereocenters.